The quantitative estimate of drug-likeness (QED) is 0.718. The fourth-order valence-corrected chi connectivity index (χ4v) is 2.32. The van der Waals surface area contributed by atoms with Crippen molar-refractivity contribution in [2.45, 2.75) is 6.92 Å². The minimum absolute atomic E-state index is 0.0297. The fourth-order valence-electron chi connectivity index (χ4n) is 2.32. The third kappa shape index (κ3) is 2.26. The summed E-state index contributed by atoms with van der Waals surface area (Å²) in [4.78, 5) is 19.4. The molecule has 0 fully saturated rings. The lowest BCUT2D eigenvalue weighted by Gasteiger charge is -2.02. The van der Waals surface area contributed by atoms with E-state index in [0.717, 1.165) is 10.9 Å². The molecular weight excluding hydrogens is 286 g/mol. The van der Waals surface area contributed by atoms with Crippen LogP contribution < -0.4 is 10.5 Å². The Labute approximate surface area is 126 Å². The molecule has 0 aliphatic rings. The molecule has 2 aromatic heterocycles. The fraction of sp³-hybridized carbons (Fsp3) is 0.200. The first-order chi connectivity index (χ1) is 10.6. The second kappa shape index (κ2) is 5.44. The van der Waals surface area contributed by atoms with E-state index in [4.69, 9.17) is 19.6 Å². The van der Waals surface area contributed by atoms with Gasteiger partial charge in [-0.25, -0.2) is 4.79 Å². The summed E-state index contributed by atoms with van der Waals surface area (Å²) < 4.78 is 15.4. The van der Waals surface area contributed by atoms with Gasteiger partial charge < -0.3 is 24.6 Å². The van der Waals surface area contributed by atoms with E-state index in [2.05, 4.69) is 9.97 Å². The molecule has 0 atom stereocenters. The van der Waals surface area contributed by atoms with Crippen LogP contribution in [0.4, 0.5) is 6.01 Å². The number of ether oxygens (including phenoxy) is 2. The predicted molar refractivity (Wildman–Crippen MR) is 80.7 cm³/mol. The van der Waals surface area contributed by atoms with Crippen LogP contribution >= 0.6 is 0 Å². The third-order valence-corrected chi connectivity index (χ3v) is 3.26. The van der Waals surface area contributed by atoms with Crippen LogP contribution in [0.3, 0.4) is 0 Å². The first-order valence-electron chi connectivity index (χ1n) is 6.72. The van der Waals surface area contributed by atoms with Gasteiger partial charge in [-0.2, -0.15) is 4.98 Å². The van der Waals surface area contributed by atoms with E-state index in [1.54, 1.807) is 20.1 Å². The molecule has 0 saturated heterocycles. The number of hydrogen-bond donors (Lipinski definition) is 2. The number of aromatic amines is 1. The zero-order valence-corrected chi connectivity index (χ0v) is 12.2. The highest BCUT2D eigenvalue weighted by molar-refractivity contribution is 6.07. The van der Waals surface area contributed by atoms with Gasteiger partial charge in [0.05, 0.1) is 13.7 Å². The van der Waals surface area contributed by atoms with Crippen molar-refractivity contribution in [3.05, 3.63) is 30.2 Å². The summed E-state index contributed by atoms with van der Waals surface area (Å²) in [7, 11) is 1.58. The molecular formula is C15H15N3O4. The van der Waals surface area contributed by atoms with Gasteiger partial charge in [-0.1, -0.05) is 0 Å². The number of rotatable bonds is 4. The van der Waals surface area contributed by atoms with Crippen molar-refractivity contribution in [2.24, 2.45) is 0 Å². The summed E-state index contributed by atoms with van der Waals surface area (Å²) >= 11 is 0. The maximum atomic E-state index is 12.2. The number of hydrogen-bond acceptors (Lipinski definition) is 6. The van der Waals surface area contributed by atoms with E-state index >= 15 is 0 Å². The number of nitrogens with zero attached hydrogens (tertiary/aromatic N) is 1. The van der Waals surface area contributed by atoms with Crippen LogP contribution in [0.15, 0.2) is 28.9 Å². The summed E-state index contributed by atoms with van der Waals surface area (Å²) in [5.41, 5.74) is 7.64. The molecule has 1 aromatic carbocycles. The lowest BCUT2D eigenvalue weighted by molar-refractivity contribution is 0.0521. The van der Waals surface area contributed by atoms with Gasteiger partial charge in [-0.15, -0.1) is 0 Å². The van der Waals surface area contributed by atoms with Gasteiger partial charge in [0.25, 0.3) is 6.01 Å². The highest BCUT2D eigenvalue weighted by Crippen LogP contribution is 2.34. The predicted octanol–water partition coefficient (Wildman–Crippen LogP) is 2.59. The molecule has 22 heavy (non-hydrogen) atoms. The average molecular weight is 301 g/mol. The summed E-state index contributed by atoms with van der Waals surface area (Å²) in [6, 6.07) is 5.47. The summed E-state index contributed by atoms with van der Waals surface area (Å²) in [5.74, 6) is 0.203. The largest absolute Gasteiger partial charge is 0.497 e. The van der Waals surface area contributed by atoms with Gasteiger partial charge in [0.1, 0.15) is 23.4 Å². The Balaban J connectivity index is 2.27. The number of nitrogens with two attached hydrogens (primary N) is 1. The van der Waals surface area contributed by atoms with Crippen LogP contribution in [-0.2, 0) is 4.74 Å². The SMILES string of the molecule is CCOC(=O)c1[nH]c2ccc(OC)cc2c1-c1coc(N)n1. The summed E-state index contributed by atoms with van der Waals surface area (Å²) in [6.45, 7) is 2.02. The summed E-state index contributed by atoms with van der Waals surface area (Å²) in [6.07, 6.45) is 1.40. The van der Waals surface area contributed by atoms with E-state index in [0.29, 0.717) is 22.7 Å². The first-order valence-corrected chi connectivity index (χ1v) is 6.72. The smallest absolute Gasteiger partial charge is 0.355 e. The second-order valence-corrected chi connectivity index (χ2v) is 4.58. The first kappa shape index (κ1) is 14.0. The molecule has 0 unspecified atom stereocenters. The van der Waals surface area contributed by atoms with Crippen molar-refractivity contribution in [3.63, 3.8) is 0 Å². The Bertz CT molecular complexity index is 835. The molecule has 7 heteroatoms. The molecule has 3 aromatic rings. The van der Waals surface area contributed by atoms with Gasteiger partial charge in [-0.3, -0.25) is 0 Å². The number of nitrogens with one attached hydrogen (secondary N) is 1. The summed E-state index contributed by atoms with van der Waals surface area (Å²) in [5, 5.41) is 0.774. The van der Waals surface area contributed by atoms with Crippen LogP contribution in [0, 0.1) is 0 Å². The average Bonchev–Trinajstić information content (AvgIpc) is 3.09. The highest BCUT2D eigenvalue weighted by atomic mass is 16.5. The van der Waals surface area contributed by atoms with Gasteiger partial charge in [0, 0.05) is 16.5 Å². The molecule has 0 spiro atoms. The number of esters is 1. The Kier molecular flexibility index (Phi) is 3.46. The van der Waals surface area contributed by atoms with E-state index in [9.17, 15) is 4.79 Å². The number of aromatic nitrogens is 2. The van der Waals surface area contributed by atoms with Gasteiger partial charge in [-0.05, 0) is 25.1 Å². The number of anilines is 1. The highest BCUT2D eigenvalue weighted by Gasteiger charge is 2.22. The van der Waals surface area contributed by atoms with Crippen LogP contribution in [0.1, 0.15) is 17.4 Å². The van der Waals surface area contributed by atoms with E-state index in [1.165, 1.54) is 6.26 Å². The lowest BCUT2D eigenvalue weighted by atomic mass is 10.1. The molecule has 2 heterocycles. The number of nitrogen functional groups attached to an aromatic ring is 1. The third-order valence-electron chi connectivity index (χ3n) is 3.26. The molecule has 114 valence electrons. The lowest BCUT2D eigenvalue weighted by Crippen LogP contribution is -2.06. The standard InChI is InChI=1S/C15H15N3O4/c1-3-21-14(19)13-12(11-7-22-15(16)18-11)9-6-8(20-2)4-5-10(9)17-13/h4-7,17H,3H2,1-2H3,(H2,16,18). The van der Waals surface area contributed by atoms with Crippen molar-refractivity contribution in [3.8, 4) is 17.0 Å². The number of oxazole rings is 1. The second-order valence-electron chi connectivity index (χ2n) is 4.58. The molecule has 0 saturated carbocycles. The van der Waals surface area contributed by atoms with Crippen molar-refractivity contribution in [1.82, 2.24) is 9.97 Å². The van der Waals surface area contributed by atoms with Crippen LogP contribution in [-0.4, -0.2) is 29.7 Å². The molecule has 0 amide bonds. The Morgan fingerprint density at radius 3 is 2.91 bits per heavy atom. The van der Waals surface area contributed by atoms with Crippen LogP contribution in [0.2, 0.25) is 0 Å². The topological polar surface area (TPSA) is 103 Å². The molecule has 3 rings (SSSR count). The van der Waals surface area contributed by atoms with E-state index in [-0.39, 0.29) is 12.6 Å². The molecule has 0 radical (unpaired) electrons. The maximum absolute atomic E-state index is 12.2. The molecule has 3 N–H and O–H groups in total. The van der Waals surface area contributed by atoms with Gasteiger partial charge >= 0.3 is 5.97 Å². The number of carbonyl (C=O) groups excluding carboxylic acids is 1. The zero-order valence-electron chi connectivity index (χ0n) is 12.2. The normalized spacial score (nSPS) is 10.8. The molecule has 0 bridgehead atoms. The zero-order chi connectivity index (χ0) is 15.7. The van der Waals surface area contributed by atoms with Crippen molar-refractivity contribution >= 4 is 22.9 Å². The number of benzene rings is 1. The molecule has 0 aliphatic heterocycles. The van der Waals surface area contributed by atoms with Crippen LogP contribution in [0.5, 0.6) is 5.75 Å². The van der Waals surface area contributed by atoms with E-state index in [1.807, 2.05) is 12.1 Å². The number of fused-ring (bicyclic) bond motifs is 1. The van der Waals surface area contributed by atoms with Crippen molar-refractivity contribution in [1.29, 1.82) is 0 Å². The van der Waals surface area contributed by atoms with Gasteiger partial charge in [0.2, 0.25) is 0 Å². The Hall–Kier alpha value is -2.96. The number of H-pyrrole nitrogens is 1. The molecule has 0 aliphatic carbocycles. The van der Waals surface area contributed by atoms with Crippen molar-refractivity contribution in [2.75, 3.05) is 19.5 Å². The van der Waals surface area contributed by atoms with Crippen LogP contribution in [0.25, 0.3) is 22.2 Å². The molecule has 7 nitrogen and oxygen atoms in total. The Morgan fingerprint density at radius 2 is 2.27 bits per heavy atom. The Morgan fingerprint density at radius 1 is 1.45 bits per heavy atom. The minimum Gasteiger partial charge on any atom is -0.497 e. The van der Waals surface area contributed by atoms with E-state index < -0.39 is 5.97 Å². The number of carbonyl (C=O) groups is 1. The van der Waals surface area contributed by atoms with Gasteiger partial charge in [0.15, 0.2) is 0 Å². The number of methoxy groups -OCH3 is 1. The maximum Gasteiger partial charge on any atom is 0.355 e. The monoisotopic (exact) mass is 301 g/mol. The minimum atomic E-state index is -0.464. The van der Waals surface area contributed by atoms with Crippen molar-refractivity contribution < 1.29 is 18.7 Å².